The van der Waals surface area contributed by atoms with Crippen LogP contribution < -0.4 is 78.9 Å². The van der Waals surface area contributed by atoms with Gasteiger partial charge in [0.15, 0.2) is 57.3 Å². The Morgan fingerprint density at radius 2 is 0.701 bits per heavy atom. The Hall–Kier alpha value is -18.2. The van der Waals surface area contributed by atoms with E-state index in [2.05, 4.69) is 102 Å². The summed E-state index contributed by atoms with van der Waals surface area (Å²) in [7, 11) is 3.02. The molecule has 15 N–H and O–H groups in total. The lowest BCUT2D eigenvalue weighted by atomic mass is 10.1. The maximum atomic E-state index is 12.9. The minimum atomic E-state index is -0.518. The summed E-state index contributed by atoms with van der Waals surface area (Å²) in [6.45, 7) is 5.48. The van der Waals surface area contributed by atoms with Crippen LogP contribution in [0.4, 0.5) is 57.5 Å². The molecule has 2 fully saturated rings. The number of carbonyl (C=O) groups excluding carboxylic acids is 5. The molecule has 0 bridgehead atoms. The first kappa shape index (κ1) is 93.5. The Morgan fingerprint density at radius 1 is 0.403 bits per heavy atom. The predicted molar refractivity (Wildman–Crippen MR) is 479 cm³/mol. The van der Waals surface area contributed by atoms with Crippen LogP contribution in [0.2, 0.25) is 5.15 Å². The van der Waals surface area contributed by atoms with Crippen LogP contribution in [0.1, 0.15) is 106 Å². The second-order valence-corrected chi connectivity index (χ2v) is 28.8. The summed E-state index contributed by atoms with van der Waals surface area (Å²) in [5, 5.41) is 78.3. The number of nitrogens with zero attached hydrogens (tertiary/aromatic N) is 25. The Labute approximate surface area is 763 Å². The fourth-order valence-corrected chi connectivity index (χ4v) is 13.2. The van der Waals surface area contributed by atoms with E-state index < -0.39 is 29.5 Å². The molecule has 0 radical (unpaired) electrons. The number of hydrogen-bond donors (Lipinski definition) is 10. The van der Waals surface area contributed by atoms with E-state index in [1.54, 1.807) is 87.1 Å². The Morgan fingerprint density at radius 3 is 1.01 bits per heavy atom. The molecule has 2 aliphatic rings. The predicted octanol–water partition coefficient (Wildman–Crippen LogP) is 6.94. The van der Waals surface area contributed by atoms with Gasteiger partial charge in [-0.15, -0.1) is 25.5 Å². The number of rotatable bonds is 26. The molecule has 17 heterocycles. The molecule has 15 aromatic heterocycles. The van der Waals surface area contributed by atoms with E-state index in [1.807, 2.05) is 37.3 Å². The summed E-state index contributed by atoms with van der Waals surface area (Å²) in [6.07, 6.45) is 32.6. The highest BCUT2D eigenvalue weighted by Crippen LogP contribution is 2.34. The number of nitriles is 5. The topological polar surface area (TPSA) is 684 Å². The van der Waals surface area contributed by atoms with Gasteiger partial charge in [0.25, 0.3) is 29.5 Å². The molecule has 15 aromatic rings. The molecule has 0 aromatic carbocycles. The summed E-state index contributed by atoms with van der Waals surface area (Å²) in [5.41, 5.74) is 37.0. The van der Waals surface area contributed by atoms with Gasteiger partial charge in [-0.2, -0.15) is 26.3 Å². The molecule has 48 nitrogen and oxygen atoms in total. The minimum Gasteiger partial charge on any atom is -0.494 e. The van der Waals surface area contributed by atoms with Crippen molar-refractivity contribution in [2.45, 2.75) is 70.5 Å². The smallest absolute Gasteiger partial charge is 0.263 e. The van der Waals surface area contributed by atoms with Crippen LogP contribution in [-0.2, 0) is 46.3 Å². The minimum absolute atomic E-state index is 0.0139. The molecule has 0 saturated carbocycles. The quantitative estimate of drug-likeness (QED) is 0.0194. The average Bonchev–Trinajstić information content (AvgIpc) is 1.64. The van der Waals surface area contributed by atoms with Crippen molar-refractivity contribution in [2.24, 2.45) is 0 Å². The van der Waals surface area contributed by atoms with E-state index in [0.717, 1.165) is 19.3 Å². The lowest BCUT2D eigenvalue weighted by Gasteiger charge is -2.24. The highest BCUT2D eigenvalue weighted by molar-refractivity contribution is 6.29. The van der Waals surface area contributed by atoms with Crippen LogP contribution in [-0.4, -0.2) is 200 Å². The van der Waals surface area contributed by atoms with E-state index in [0.29, 0.717) is 148 Å². The largest absolute Gasteiger partial charge is 0.494 e. The number of aromatic nitrogens is 20. The van der Waals surface area contributed by atoms with E-state index in [-0.39, 0.29) is 118 Å². The van der Waals surface area contributed by atoms with Crippen molar-refractivity contribution < 1.29 is 61.9 Å². The van der Waals surface area contributed by atoms with Crippen LogP contribution in [0.15, 0.2) is 148 Å². The number of carbonyl (C=O) groups is 5. The lowest BCUT2D eigenvalue weighted by Crippen LogP contribution is -2.26. The van der Waals surface area contributed by atoms with Gasteiger partial charge in [0.1, 0.15) is 109 Å². The number of halogens is 1. The van der Waals surface area contributed by atoms with Crippen LogP contribution in [0.25, 0.3) is 28.2 Å². The molecule has 0 unspecified atom stereocenters. The van der Waals surface area contributed by atoms with Gasteiger partial charge in [0, 0.05) is 171 Å². The third-order valence-corrected chi connectivity index (χ3v) is 19.4. The van der Waals surface area contributed by atoms with Gasteiger partial charge in [-0.1, -0.05) is 11.6 Å². The molecule has 5 amide bonds. The number of anilines is 10. The van der Waals surface area contributed by atoms with Gasteiger partial charge >= 0.3 is 0 Å². The van der Waals surface area contributed by atoms with Gasteiger partial charge in [-0.05, 0) is 6.92 Å². The van der Waals surface area contributed by atoms with Crippen LogP contribution in [0, 0.1) is 56.7 Å². The Kier molecular flexibility index (Phi) is 31.0. The van der Waals surface area contributed by atoms with Gasteiger partial charge < -0.3 is 93.1 Å². The Bertz CT molecular complexity index is 7080. The molecule has 17 rings (SSSR count). The molecule has 134 heavy (non-hydrogen) atoms. The van der Waals surface area contributed by atoms with Crippen LogP contribution in [0.5, 0.6) is 28.7 Å². The summed E-state index contributed by atoms with van der Waals surface area (Å²) < 4.78 is 50.7. The number of nitrogen functional groups attached to an aromatic ring is 5. The van der Waals surface area contributed by atoms with Crippen LogP contribution in [0.3, 0.4) is 0 Å². The zero-order valence-corrected chi connectivity index (χ0v) is 72.1. The first-order valence-corrected chi connectivity index (χ1v) is 40.7. The SMILES string of the molecule is CCOc1ccncc1NC(=O)c1c(N)nn2cc(CC#N)cnc12.COCCOc1ccncc1NC(=O)c1c(N)nn2cc(CC#N)cnc12.COc1cc(Cl)ncc1NC(=O)c1c(N)nn2cc(CC#N)cnc12.N#CCc1cnc2c(C(=O)Nc3cnccc3OC3CCOCC3)c(N)nn2c1.N#CCc1cnc2c(C(=O)Nc3cnccc3O[C@@H]3CCOC3)c(N)nn2c1. The van der Waals surface area contributed by atoms with Gasteiger partial charge in [-0.25, -0.2) is 52.5 Å². The van der Waals surface area contributed by atoms with E-state index in [4.69, 9.17) is 104 Å². The summed E-state index contributed by atoms with van der Waals surface area (Å²) >= 11 is 5.81. The number of methoxy groups -OCH3 is 2. The fourth-order valence-electron chi connectivity index (χ4n) is 13.1. The summed E-state index contributed by atoms with van der Waals surface area (Å²) in [5.74, 6) is 0.0714. The molecular weight excluding hydrogens is 1750 g/mol. The monoisotopic (exact) mass is 1830 g/mol. The first-order chi connectivity index (χ1) is 65.1. The number of amides is 5. The van der Waals surface area contributed by atoms with E-state index in [9.17, 15) is 24.0 Å². The van der Waals surface area contributed by atoms with E-state index in [1.165, 1.54) is 97.7 Å². The molecule has 2 aliphatic heterocycles. The molecule has 0 spiro atoms. The number of nitrogens with one attached hydrogen (secondary N) is 5. The third kappa shape index (κ3) is 22.8. The number of nitrogens with two attached hydrogens (primary N) is 5. The highest BCUT2D eigenvalue weighted by atomic mass is 35.5. The highest BCUT2D eigenvalue weighted by Gasteiger charge is 2.29. The molecule has 680 valence electrons. The maximum absolute atomic E-state index is 12.9. The van der Waals surface area contributed by atoms with E-state index >= 15 is 0 Å². The number of pyridine rings is 5. The van der Waals surface area contributed by atoms with Gasteiger partial charge in [-0.3, -0.25) is 43.9 Å². The molecule has 49 heteroatoms. The first-order valence-electron chi connectivity index (χ1n) is 40.4. The number of fused-ring (bicyclic) bond motifs is 5. The molecule has 1 atom stereocenters. The maximum Gasteiger partial charge on any atom is 0.263 e. The molecular formula is C85H80ClN35O13. The van der Waals surface area contributed by atoms with Gasteiger partial charge in [0.2, 0.25) is 0 Å². The van der Waals surface area contributed by atoms with Crippen molar-refractivity contribution in [3.63, 3.8) is 0 Å². The van der Waals surface area contributed by atoms with Gasteiger partial charge in [0.05, 0.1) is 140 Å². The van der Waals surface area contributed by atoms with Crippen LogP contribution >= 0.6 is 11.6 Å². The van der Waals surface area contributed by atoms with Crippen molar-refractivity contribution in [1.82, 2.24) is 97.9 Å². The van der Waals surface area contributed by atoms with Crippen molar-refractivity contribution in [3.05, 3.63) is 209 Å². The second-order valence-electron chi connectivity index (χ2n) is 28.4. The standard InChI is InChI=1S/C19H19N7O3.C18H17N7O3.C17H17N7O3.C16H15N7O2.C15H12ClN7O2/c20-5-1-12-9-23-18-16(17(21)25-26(18)11-12)19(27)24-14-10-22-6-2-15(14)29-13-3-7-28-8-4-13;19-4-1-11-7-22-17-15(16(20)24-25(17)9-11)18(26)23-13-8-21-5-2-14(13)28-12-3-6-27-10-12;1-26-6-7-27-13-3-5-20-9-12(13)22-17(25)14-15(19)23-24-10-11(2-4-18)8-21-16(14)24;1-2-25-12-4-6-19-8-11(12)21-16(24)13-14(18)22-23-9-10(3-5-17)7-20-15(13)23;1-25-10-4-11(16)19-6-9(10)21-15(24)12-13(18)22-23-7-8(2-3-17)5-20-14(12)23/h2,6,9-11,13H,1,3-4,7-8H2,(H2,21,25)(H,24,27);2,5,7-9,12H,1,3,6,10H2,(H2,20,24)(H,23,26);3,5,8-10H,2,6-7H2,1H3,(H2,19,23)(H,22,25);4,6-9H,2-3H2,1H3,(H2,18,22)(H,21,24);4-7H,2H2,1H3,(H2,18,22)(H,21,24)/t;12-;;;/m.1.../s1. The lowest BCUT2D eigenvalue weighted by molar-refractivity contribution is 0.0258. The average molecular weight is 1840 g/mol. The molecule has 2 saturated heterocycles. The second kappa shape index (κ2) is 44.5. The number of ether oxygens (including phenoxy) is 8. The van der Waals surface area contributed by atoms with Crippen molar-refractivity contribution in [3.8, 4) is 59.1 Å². The number of hydrogen-bond acceptors (Lipinski definition) is 38. The Balaban J connectivity index is 0.000000142. The molecule has 0 aliphatic carbocycles. The zero-order chi connectivity index (χ0) is 94.7. The van der Waals surface area contributed by atoms with Crippen molar-refractivity contribution in [1.29, 1.82) is 26.3 Å². The third-order valence-electron chi connectivity index (χ3n) is 19.2. The normalized spacial score (nSPS) is 12.5. The van der Waals surface area contributed by atoms with Crippen molar-refractivity contribution >= 4 is 127 Å². The zero-order valence-electron chi connectivity index (χ0n) is 71.4. The fraction of sp³-hybridized carbons (Fsp3) is 0.235. The van der Waals surface area contributed by atoms with Crippen molar-refractivity contribution in [2.75, 3.05) is 116 Å². The summed E-state index contributed by atoms with van der Waals surface area (Å²) in [4.78, 5) is 105. The summed E-state index contributed by atoms with van der Waals surface area (Å²) in [6, 6.07) is 18.3.